The quantitative estimate of drug-likeness (QED) is 0.770. The number of anilines is 1. The Morgan fingerprint density at radius 1 is 1.53 bits per heavy atom. The highest BCUT2D eigenvalue weighted by atomic mass is 16.1. The summed E-state index contributed by atoms with van der Waals surface area (Å²) in [6.07, 6.45) is 1.05. The van der Waals surface area contributed by atoms with Crippen LogP contribution in [0.4, 0.5) is 5.69 Å². The van der Waals surface area contributed by atoms with Gasteiger partial charge in [0, 0.05) is 17.2 Å². The minimum atomic E-state index is -0.0666. The van der Waals surface area contributed by atoms with Crippen LogP contribution in [0, 0.1) is 5.92 Å². The van der Waals surface area contributed by atoms with Crippen LogP contribution in [-0.2, 0) is 11.2 Å². The summed E-state index contributed by atoms with van der Waals surface area (Å²) in [5.41, 5.74) is 7.84. The second-order valence-electron chi connectivity index (χ2n) is 4.44. The van der Waals surface area contributed by atoms with Crippen LogP contribution in [-0.4, -0.2) is 18.2 Å². The van der Waals surface area contributed by atoms with E-state index in [2.05, 4.69) is 5.32 Å². The normalized spacial score (nSPS) is 15.3. The lowest BCUT2D eigenvalue weighted by molar-refractivity contribution is -0.115. The molecule has 0 fully saturated rings. The first-order valence-corrected chi connectivity index (χ1v) is 5.79. The first kappa shape index (κ1) is 11.8. The number of amides is 1. The number of fused-ring (bicyclic) bond motifs is 1. The molecule has 0 radical (unpaired) electrons. The highest BCUT2D eigenvalue weighted by Crippen LogP contribution is 2.25. The summed E-state index contributed by atoms with van der Waals surface area (Å²) in [5.74, 6) is 0.0142. The smallest absolute Gasteiger partial charge is 0.228 e. The lowest BCUT2D eigenvalue weighted by atomic mass is 9.95. The molecule has 1 aliphatic heterocycles. The van der Waals surface area contributed by atoms with E-state index in [1.165, 1.54) is 0 Å². The third-order valence-electron chi connectivity index (χ3n) is 3.06. The number of rotatable bonds is 4. The van der Waals surface area contributed by atoms with Gasteiger partial charge >= 0.3 is 0 Å². The second kappa shape index (κ2) is 4.67. The number of nitrogens with one attached hydrogen (secondary N) is 1. The van der Waals surface area contributed by atoms with E-state index in [9.17, 15) is 9.59 Å². The SMILES string of the molecule is CC(CCN)C(=O)c1ccc2c(c1)CC(=O)N2. The Bertz CT molecular complexity index is 468. The number of benzene rings is 1. The van der Waals surface area contributed by atoms with Crippen molar-refractivity contribution in [2.75, 3.05) is 11.9 Å². The third-order valence-corrected chi connectivity index (χ3v) is 3.06. The monoisotopic (exact) mass is 232 g/mol. The van der Waals surface area contributed by atoms with Crippen LogP contribution in [0.15, 0.2) is 18.2 Å². The topological polar surface area (TPSA) is 72.2 Å². The molecular weight excluding hydrogens is 216 g/mol. The zero-order chi connectivity index (χ0) is 12.4. The summed E-state index contributed by atoms with van der Waals surface area (Å²) in [5, 5.41) is 2.75. The van der Waals surface area contributed by atoms with Gasteiger partial charge in [-0.25, -0.2) is 0 Å². The molecule has 1 unspecified atom stereocenters. The molecule has 17 heavy (non-hydrogen) atoms. The van der Waals surface area contributed by atoms with E-state index < -0.39 is 0 Å². The molecule has 4 nitrogen and oxygen atoms in total. The number of carbonyl (C=O) groups excluding carboxylic acids is 2. The number of carbonyl (C=O) groups is 2. The first-order valence-electron chi connectivity index (χ1n) is 5.79. The zero-order valence-corrected chi connectivity index (χ0v) is 9.82. The standard InChI is InChI=1S/C13H16N2O2/c1-8(4-5-14)13(17)9-2-3-11-10(6-9)7-12(16)15-11/h2-3,6,8H,4-5,7,14H2,1H3,(H,15,16). The summed E-state index contributed by atoms with van der Waals surface area (Å²) < 4.78 is 0. The molecule has 0 aromatic heterocycles. The van der Waals surface area contributed by atoms with Gasteiger partial charge in [0.2, 0.25) is 5.91 Å². The third kappa shape index (κ3) is 2.36. The lowest BCUT2D eigenvalue weighted by Crippen LogP contribution is -2.15. The molecule has 0 saturated carbocycles. The van der Waals surface area contributed by atoms with Gasteiger partial charge in [-0.3, -0.25) is 9.59 Å². The molecule has 1 heterocycles. The predicted molar refractivity (Wildman–Crippen MR) is 65.9 cm³/mol. The minimum absolute atomic E-state index is 0.0143. The maximum Gasteiger partial charge on any atom is 0.228 e. The molecule has 3 N–H and O–H groups in total. The maximum absolute atomic E-state index is 12.1. The molecule has 0 spiro atoms. The predicted octanol–water partition coefficient (Wildman–Crippen LogP) is 1.35. The molecule has 1 aromatic rings. The van der Waals surface area contributed by atoms with Crippen molar-refractivity contribution in [1.82, 2.24) is 0 Å². The highest BCUT2D eigenvalue weighted by molar-refractivity contribution is 6.02. The number of hydrogen-bond acceptors (Lipinski definition) is 3. The fourth-order valence-electron chi connectivity index (χ4n) is 2.05. The van der Waals surface area contributed by atoms with E-state index in [-0.39, 0.29) is 17.6 Å². The first-order chi connectivity index (χ1) is 8.11. The average Bonchev–Trinajstić information content (AvgIpc) is 2.67. The van der Waals surface area contributed by atoms with Crippen LogP contribution in [0.5, 0.6) is 0 Å². The molecule has 0 bridgehead atoms. The van der Waals surface area contributed by atoms with Gasteiger partial charge in [-0.05, 0) is 36.7 Å². The fraction of sp³-hybridized carbons (Fsp3) is 0.385. The number of hydrogen-bond donors (Lipinski definition) is 2. The van der Waals surface area contributed by atoms with Crippen molar-refractivity contribution in [2.45, 2.75) is 19.8 Å². The minimum Gasteiger partial charge on any atom is -0.330 e. The average molecular weight is 232 g/mol. The van der Waals surface area contributed by atoms with Gasteiger partial charge in [-0.15, -0.1) is 0 Å². The Hall–Kier alpha value is -1.68. The van der Waals surface area contributed by atoms with Gasteiger partial charge < -0.3 is 11.1 Å². The van der Waals surface area contributed by atoms with Gasteiger partial charge in [-0.1, -0.05) is 6.92 Å². The maximum atomic E-state index is 12.1. The summed E-state index contributed by atoms with van der Waals surface area (Å²) in [7, 11) is 0. The summed E-state index contributed by atoms with van der Waals surface area (Å²) in [6, 6.07) is 5.37. The van der Waals surface area contributed by atoms with Crippen molar-refractivity contribution in [3.05, 3.63) is 29.3 Å². The van der Waals surface area contributed by atoms with Crippen LogP contribution >= 0.6 is 0 Å². The summed E-state index contributed by atoms with van der Waals surface area (Å²) in [6.45, 7) is 2.39. The molecule has 1 amide bonds. The molecular formula is C13H16N2O2. The molecule has 1 aliphatic rings. The van der Waals surface area contributed by atoms with Crippen LogP contribution in [0.3, 0.4) is 0 Å². The Morgan fingerprint density at radius 2 is 2.29 bits per heavy atom. The van der Waals surface area contributed by atoms with Crippen LogP contribution in [0.25, 0.3) is 0 Å². The molecule has 4 heteroatoms. The number of Topliss-reactive ketones (excluding diaryl/α,β-unsaturated/α-hetero) is 1. The highest BCUT2D eigenvalue weighted by Gasteiger charge is 2.20. The van der Waals surface area contributed by atoms with Crippen molar-refractivity contribution < 1.29 is 9.59 Å². The van der Waals surface area contributed by atoms with Crippen molar-refractivity contribution in [3.8, 4) is 0 Å². The molecule has 0 aliphatic carbocycles. The molecule has 1 atom stereocenters. The zero-order valence-electron chi connectivity index (χ0n) is 9.82. The van der Waals surface area contributed by atoms with Crippen LogP contribution in [0.2, 0.25) is 0 Å². The summed E-state index contributed by atoms with van der Waals surface area (Å²) >= 11 is 0. The van der Waals surface area contributed by atoms with Gasteiger partial charge in [-0.2, -0.15) is 0 Å². The molecule has 90 valence electrons. The molecule has 0 saturated heterocycles. The number of nitrogens with two attached hydrogens (primary N) is 1. The number of ketones is 1. The Labute approximate surface area is 100 Å². The molecule has 1 aromatic carbocycles. The van der Waals surface area contributed by atoms with E-state index in [0.717, 1.165) is 11.3 Å². The van der Waals surface area contributed by atoms with E-state index in [4.69, 9.17) is 5.73 Å². The fourth-order valence-corrected chi connectivity index (χ4v) is 2.05. The van der Waals surface area contributed by atoms with Gasteiger partial charge in [0.05, 0.1) is 6.42 Å². The van der Waals surface area contributed by atoms with Gasteiger partial charge in [0.25, 0.3) is 0 Å². The molecule has 2 rings (SSSR count). The van der Waals surface area contributed by atoms with E-state index in [0.29, 0.717) is 24.9 Å². The second-order valence-corrected chi connectivity index (χ2v) is 4.44. The summed E-state index contributed by atoms with van der Waals surface area (Å²) in [4.78, 5) is 23.3. The van der Waals surface area contributed by atoms with E-state index in [1.807, 2.05) is 13.0 Å². The Morgan fingerprint density at radius 3 is 3.00 bits per heavy atom. The Balaban J connectivity index is 2.21. The lowest BCUT2D eigenvalue weighted by Gasteiger charge is -2.09. The largest absolute Gasteiger partial charge is 0.330 e. The van der Waals surface area contributed by atoms with E-state index >= 15 is 0 Å². The van der Waals surface area contributed by atoms with Crippen molar-refractivity contribution in [1.29, 1.82) is 0 Å². The van der Waals surface area contributed by atoms with Crippen molar-refractivity contribution in [2.24, 2.45) is 11.7 Å². The van der Waals surface area contributed by atoms with Crippen molar-refractivity contribution in [3.63, 3.8) is 0 Å². The van der Waals surface area contributed by atoms with Crippen LogP contribution < -0.4 is 11.1 Å². The van der Waals surface area contributed by atoms with Crippen molar-refractivity contribution >= 4 is 17.4 Å². The van der Waals surface area contributed by atoms with Gasteiger partial charge in [0.1, 0.15) is 0 Å². The van der Waals surface area contributed by atoms with Gasteiger partial charge in [0.15, 0.2) is 5.78 Å². The van der Waals surface area contributed by atoms with E-state index in [1.54, 1.807) is 12.1 Å². The van der Waals surface area contributed by atoms with Crippen LogP contribution in [0.1, 0.15) is 29.3 Å². The Kier molecular flexibility index (Phi) is 3.24.